The molecule has 0 amide bonds. The van der Waals surface area contributed by atoms with Gasteiger partial charge in [0.2, 0.25) is 0 Å². The van der Waals surface area contributed by atoms with E-state index in [0.29, 0.717) is 27.9 Å². The number of piperidine rings is 3. The summed E-state index contributed by atoms with van der Waals surface area (Å²) in [6, 6.07) is 16.0. The van der Waals surface area contributed by atoms with Gasteiger partial charge in [0.05, 0.1) is 16.0 Å². The van der Waals surface area contributed by atoms with E-state index < -0.39 is 0 Å². The summed E-state index contributed by atoms with van der Waals surface area (Å²) >= 11 is 12.2. The van der Waals surface area contributed by atoms with E-state index in [2.05, 4.69) is 11.0 Å². The average Bonchev–Trinajstić information content (AvgIpc) is 3.00. The number of hydrogen-bond donors (Lipinski definition) is 0. The molecule has 4 aliphatic rings. The summed E-state index contributed by atoms with van der Waals surface area (Å²) < 4.78 is 5.76. The van der Waals surface area contributed by atoms with Crippen LogP contribution in [0.2, 0.25) is 10.0 Å². The Morgan fingerprint density at radius 1 is 1.07 bits per heavy atom. The van der Waals surface area contributed by atoms with Gasteiger partial charge in [0.15, 0.2) is 0 Å². The van der Waals surface area contributed by atoms with Crippen LogP contribution in [0.4, 0.5) is 0 Å². The molecule has 5 atom stereocenters. The molecule has 28 heavy (non-hydrogen) atoms. The van der Waals surface area contributed by atoms with Gasteiger partial charge in [-0.05, 0) is 55.0 Å². The maximum Gasteiger partial charge on any atom is 0.316 e. The number of carbonyl (C=O) groups excluding carboxylic acids is 1. The highest BCUT2D eigenvalue weighted by Gasteiger charge is 2.55. The van der Waals surface area contributed by atoms with Crippen molar-refractivity contribution >= 4 is 35.2 Å². The number of rotatable bonds is 3. The number of halogens is 2. The van der Waals surface area contributed by atoms with Gasteiger partial charge in [-0.1, -0.05) is 59.1 Å². The summed E-state index contributed by atoms with van der Waals surface area (Å²) in [5.41, 5.74) is 2.32. The molecule has 4 saturated heterocycles. The zero-order valence-corrected chi connectivity index (χ0v) is 16.9. The Bertz CT molecular complexity index is 943. The van der Waals surface area contributed by atoms with Crippen LogP contribution in [0.25, 0.3) is 6.08 Å². The number of esters is 1. The molecule has 5 heteroatoms. The minimum atomic E-state index is -0.110. The second-order valence-electron chi connectivity index (χ2n) is 7.97. The summed E-state index contributed by atoms with van der Waals surface area (Å²) in [5.74, 6) is 0.634. The number of para-hydroxylation sites is 1. The van der Waals surface area contributed by atoms with Crippen LogP contribution in [-0.4, -0.2) is 29.5 Å². The van der Waals surface area contributed by atoms with E-state index in [4.69, 9.17) is 27.9 Å². The molecule has 1 unspecified atom stereocenters. The van der Waals surface area contributed by atoms with E-state index in [0.717, 1.165) is 24.9 Å². The van der Waals surface area contributed by atoms with Gasteiger partial charge in [0.1, 0.15) is 5.75 Å². The molecule has 0 saturated carbocycles. The van der Waals surface area contributed by atoms with Gasteiger partial charge in [-0.2, -0.15) is 0 Å². The van der Waals surface area contributed by atoms with Crippen molar-refractivity contribution in [2.45, 2.75) is 31.3 Å². The number of carbonyl (C=O) groups is 1. The Morgan fingerprint density at radius 2 is 1.89 bits per heavy atom. The van der Waals surface area contributed by atoms with Crippen LogP contribution in [-0.2, 0) is 4.79 Å². The van der Waals surface area contributed by atoms with Gasteiger partial charge < -0.3 is 4.74 Å². The van der Waals surface area contributed by atoms with Crippen molar-refractivity contribution in [1.82, 2.24) is 4.90 Å². The third-order valence-electron chi connectivity index (χ3n) is 6.44. The van der Waals surface area contributed by atoms with E-state index >= 15 is 0 Å². The molecule has 0 aromatic heterocycles. The van der Waals surface area contributed by atoms with Gasteiger partial charge >= 0.3 is 5.97 Å². The Kier molecular flexibility index (Phi) is 4.70. The van der Waals surface area contributed by atoms with Crippen molar-refractivity contribution in [2.75, 3.05) is 6.54 Å². The molecule has 0 radical (unpaired) electrons. The molecule has 144 valence electrons. The largest absolute Gasteiger partial charge is 0.426 e. The van der Waals surface area contributed by atoms with Crippen LogP contribution in [0.5, 0.6) is 5.75 Å². The number of fused-ring (bicyclic) bond motifs is 1. The predicted octanol–water partition coefficient (Wildman–Crippen LogP) is 5.47. The Balaban J connectivity index is 1.45. The predicted molar refractivity (Wildman–Crippen MR) is 112 cm³/mol. The zero-order chi connectivity index (χ0) is 19.3. The van der Waals surface area contributed by atoms with E-state index in [-0.39, 0.29) is 17.8 Å². The Labute approximate surface area is 174 Å². The van der Waals surface area contributed by atoms with Crippen LogP contribution in [0.15, 0.2) is 54.1 Å². The smallest absolute Gasteiger partial charge is 0.316 e. The topological polar surface area (TPSA) is 29.5 Å². The number of nitrogens with zero attached hydrogens (tertiary/aromatic N) is 1. The van der Waals surface area contributed by atoms with Gasteiger partial charge in [0, 0.05) is 18.6 Å². The molecule has 4 fully saturated rings. The fourth-order valence-electron chi connectivity index (χ4n) is 5.23. The normalized spacial score (nSPS) is 31.9. The summed E-state index contributed by atoms with van der Waals surface area (Å²) in [6.45, 7) is 0.926. The fraction of sp³-hybridized carbons (Fsp3) is 0.348. The maximum atomic E-state index is 13.1. The first-order valence-corrected chi connectivity index (χ1v) is 10.5. The Morgan fingerprint density at radius 3 is 2.68 bits per heavy atom. The fourth-order valence-corrected chi connectivity index (χ4v) is 5.54. The van der Waals surface area contributed by atoms with Crippen molar-refractivity contribution in [3.05, 3.63) is 69.7 Å². The summed E-state index contributed by atoms with van der Waals surface area (Å²) in [5, 5.41) is 1.11. The summed E-state index contributed by atoms with van der Waals surface area (Å²) in [7, 11) is 0. The van der Waals surface area contributed by atoms with Crippen LogP contribution in [0, 0.1) is 11.8 Å². The first kappa shape index (κ1) is 18.2. The molecule has 2 aromatic carbocycles. The summed E-state index contributed by atoms with van der Waals surface area (Å²) in [4.78, 5) is 15.6. The lowest BCUT2D eigenvalue weighted by atomic mass is 9.71. The molecule has 4 heterocycles. The molecular formula is C23H21Cl2NO2. The van der Waals surface area contributed by atoms with Crippen LogP contribution in [0.1, 0.15) is 24.8 Å². The van der Waals surface area contributed by atoms with Crippen LogP contribution < -0.4 is 4.74 Å². The minimum absolute atomic E-state index is 0.105. The second kappa shape index (κ2) is 7.22. The average molecular weight is 414 g/mol. The van der Waals surface area contributed by atoms with Gasteiger partial charge in [0.25, 0.3) is 0 Å². The third kappa shape index (κ3) is 3.16. The number of benzene rings is 2. The van der Waals surface area contributed by atoms with Crippen molar-refractivity contribution in [3.63, 3.8) is 0 Å². The quantitative estimate of drug-likeness (QED) is 0.493. The van der Waals surface area contributed by atoms with Crippen molar-refractivity contribution in [1.29, 1.82) is 0 Å². The SMILES string of the molecule is O=C(Oc1ccccc1)[C@H]1[C@@H]2C[C@@H]3CC[C@H]1N3C/C2=C\c1ccc(Cl)c(Cl)c1. The van der Waals surface area contributed by atoms with Crippen molar-refractivity contribution in [2.24, 2.45) is 11.8 Å². The molecular weight excluding hydrogens is 393 g/mol. The molecule has 4 bridgehead atoms. The first-order chi connectivity index (χ1) is 13.6. The molecule has 0 N–H and O–H groups in total. The Hall–Kier alpha value is -1.81. The van der Waals surface area contributed by atoms with Gasteiger partial charge in [-0.3, -0.25) is 9.69 Å². The maximum absolute atomic E-state index is 13.1. The van der Waals surface area contributed by atoms with Gasteiger partial charge in [-0.25, -0.2) is 0 Å². The van der Waals surface area contributed by atoms with Crippen molar-refractivity contribution < 1.29 is 9.53 Å². The molecule has 0 aliphatic carbocycles. The lowest BCUT2D eigenvalue weighted by molar-refractivity contribution is -0.146. The van der Waals surface area contributed by atoms with Crippen molar-refractivity contribution in [3.8, 4) is 5.75 Å². The molecule has 3 nitrogen and oxygen atoms in total. The lowest BCUT2D eigenvalue weighted by Gasteiger charge is -2.50. The highest BCUT2D eigenvalue weighted by Crippen LogP contribution is 2.51. The monoisotopic (exact) mass is 413 g/mol. The summed E-state index contributed by atoms with van der Waals surface area (Å²) in [6.07, 6.45) is 5.46. The van der Waals surface area contributed by atoms with E-state index in [9.17, 15) is 4.79 Å². The zero-order valence-electron chi connectivity index (χ0n) is 15.4. The van der Waals surface area contributed by atoms with Crippen LogP contribution >= 0.6 is 23.2 Å². The molecule has 6 rings (SSSR count). The van der Waals surface area contributed by atoms with E-state index in [1.165, 1.54) is 12.0 Å². The molecule has 4 aliphatic heterocycles. The van der Waals surface area contributed by atoms with E-state index in [1.54, 1.807) is 0 Å². The highest BCUT2D eigenvalue weighted by molar-refractivity contribution is 6.42. The van der Waals surface area contributed by atoms with Gasteiger partial charge in [-0.15, -0.1) is 0 Å². The van der Waals surface area contributed by atoms with E-state index in [1.807, 2.05) is 48.5 Å². The molecule has 2 aromatic rings. The van der Waals surface area contributed by atoms with Crippen LogP contribution in [0.3, 0.4) is 0 Å². The number of ether oxygens (including phenoxy) is 1. The lowest BCUT2D eigenvalue weighted by Crippen LogP contribution is -2.58. The highest BCUT2D eigenvalue weighted by atomic mass is 35.5. The standard InChI is InChI=1S/C23H21Cl2NO2/c24-19-8-6-14(11-20(19)25)10-15-13-26-16-7-9-21(26)22(18(15)12-16)23(27)28-17-4-2-1-3-5-17/h1-6,8,10-11,16,18,21-22H,7,9,12-13H2/b15-10+/t16-,18+,21+,22-/m0/s1. The minimum Gasteiger partial charge on any atom is -0.426 e. The first-order valence-electron chi connectivity index (χ1n) is 9.78. The number of hydrogen-bond acceptors (Lipinski definition) is 3. The molecule has 0 spiro atoms. The second-order valence-corrected chi connectivity index (χ2v) is 8.78. The third-order valence-corrected chi connectivity index (χ3v) is 7.17.